The molecule has 0 saturated heterocycles. The summed E-state index contributed by atoms with van der Waals surface area (Å²) in [6.07, 6.45) is 0. The lowest BCUT2D eigenvalue weighted by Gasteiger charge is -2.28. The fourth-order valence-electron chi connectivity index (χ4n) is 8.25. The van der Waals surface area contributed by atoms with Gasteiger partial charge >= 0.3 is 0 Å². The molecule has 0 spiro atoms. The Hall–Kier alpha value is -7.22. The van der Waals surface area contributed by atoms with Gasteiger partial charge in [-0.15, -0.1) is 0 Å². The molecule has 0 atom stereocenters. The maximum absolute atomic E-state index is 2.39. The normalized spacial score (nSPS) is 11.3. The Morgan fingerprint density at radius 2 is 0.636 bits per heavy atom. The van der Waals surface area contributed by atoms with E-state index in [2.05, 4.69) is 229 Å². The number of fused-ring (bicyclic) bond motifs is 6. The van der Waals surface area contributed by atoms with Crippen LogP contribution in [0.2, 0.25) is 0 Å². The van der Waals surface area contributed by atoms with Crippen LogP contribution in [0, 0.1) is 0 Å². The van der Waals surface area contributed by atoms with E-state index >= 15 is 0 Å². The van der Waals surface area contributed by atoms with Crippen molar-refractivity contribution in [1.29, 1.82) is 0 Å². The van der Waals surface area contributed by atoms with Crippen LogP contribution in [-0.4, -0.2) is 0 Å². The van der Waals surface area contributed by atoms with Crippen molar-refractivity contribution in [2.45, 2.75) is 0 Å². The average molecular weight is 700 g/mol. The molecule has 0 aliphatic rings. The summed E-state index contributed by atoms with van der Waals surface area (Å²) in [5.74, 6) is 0. The van der Waals surface area contributed by atoms with Crippen LogP contribution < -0.4 is 4.90 Å². The standard InChI is InChI=1S/C54H37N/c1-4-16-39(17-5-1)45-22-10-11-23-46(45)42-31-35-54(52(37-42)40-18-6-2-7-19-40)55(43-20-8-3-9-21-43)44-32-28-38(29-33-44)41-30-34-51-49-26-13-12-24-47(49)48-25-14-15-27-50(48)53(51)36-41/h1-37H. The molecule has 0 aliphatic carbocycles. The summed E-state index contributed by atoms with van der Waals surface area (Å²) < 4.78 is 0. The first-order valence-corrected chi connectivity index (χ1v) is 18.9. The van der Waals surface area contributed by atoms with Crippen LogP contribution in [-0.2, 0) is 0 Å². The Labute approximate surface area is 322 Å². The van der Waals surface area contributed by atoms with Crippen molar-refractivity contribution >= 4 is 49.4 Å². The van der Waals surface area contributed by atoms with Crippen LogP contribution in [0.5, 0.6) is 0 Å². The van der Waals surface area contributed by atoms with Gasteiger partial charge in [0.2, 0.25) is 0 Å². The molecular weight excluding hydrogens is 663 g/mol. The van der Waals surface area contributed by atoms with E-state index in [1.807, 2.05) is 0 Å². The Balaban J connectivity index is 1.10. The lowest BCUT2D eigenvalue weighted by atomic mass is 9.91. The molecule has 55 heavy (non-hydrogen) atoms. The zero-order chi connectivity index (χ0) is 36.6. The van der Waals surface area contributed by atoms with Crippen LogP contribution in [0.25, 0.3) is 76.8 Å². The highest BCUT2D eigenvalue weighted by atomic mass is 15.1. The van der Waals surface area contributed by atoms with E-state index in [-0.39, 0.29) is 0 Å². The van der Waals surface area contributed by atoms with Crippen molar-refractivity contribution in [2.75, 3.05) is 4.90 Å². The molecule has 10 rings (SSSR count). The average Bonchev–Trinajstić information content (AvgIpc) is 3.28. The van der Waals surface area contributed by atoms with Gasteiger partial charge in [-0.25, -0.2) is 0 Å². The maximum atomic E-state index is 2.39. The molecule has 0 N–H and O–H groups in total. The first-order valence-electron chi connectivity index (χ1n) is 18.9. The van der Waals surface area contributed by atoms with Crippen molar-refractivity contribution in [1.82, 2.24) is 0 Å². The summed E-state index contributed by atoms with van der Waals surface area (Å²) in [6.45, 7) is 0. The van der Waals surface area contributed by atoms with Crippen molar-refractivity contribution in [3.8, 4) is 44.5 Å². The number of nitrogens with zero attached hydrogens (tertiary/aromatic N) is 1. The third kappa shape index (κ3) is 5.93. The minimum absolute atomic E-state index is 1.10. The molecule has 10 aromatic carbocycles. The zero-order valence-electron chi connectivity index (χ0n) is 30.3. The van der Waals surface area contributed by atoms with E-state index in [1.165, 1.54) is 76.8 Å². The smallest absolute Gasteiger partial charge is 0.0540 e. The number of benzene rings is 10. The highest BCUT2D eigenvalue weighted by Crippen LogP contribution is 2.44. The van der Waals surface area contributed by atoms with Crippen LogP contribution in [0.4, 0.5) is 17.1 Å². The molecule has 0 aliphatic heterocycles. The number of hydrogen-bond acceptors (Lipinski definition) is 1. The second-order valence-corrected chi connectivity index (χ2v) is 14.1. The monoisotopic (exact) mass is 699 g/mol. The molecule has 0 bridgehead atoms. The Bertz CT molecular complexity index is 2910. The fourth-order valence-corrected chi connectivity index (χ4v) is 8.25. The minimum atomic E-state index is 1.10. The predicted molar refractivity (Wildman–Crippen MR) is 235 cm³/mol. The molecule has 0 heterocycles. The molecule has 1 heteroatoms. The summed E-state index contributed by atoms with van der Waals surface area (Å²) in [5.41, 5.74) is 12.9. The third-order valence-electron chi connectivity index (χ3n) is 10.9. The zero-order valence-corrected chi connectivity index (χ0v) is 30.3. The number of rotatable bonds is 7. The molecule has 0 aromatic heterocycles. The second kappa shape index (κ2) is 14.0. The fraction of sp³-hybridized carbons (Fsp3) is 0. The molecule has 0 amide bonds. The molecular formula is C54H37N. The van der Waals surface area contributed by atoms with E-state index in [9.17, 15) is 0 Å². The summed E-state index contributed by atoms with van der Waals surface area (Å²) in [5, 5.41) is 7.73. The highest BCUT2D eigenvalue weighted by Gasteiger charge is 2.19. The lowest BCUT2D eigenvalue weighted by molar-refractivity contribution is 1.28. The molecule has 0 saturated carbocycles. The van der Waals surface area contributed by atoms with Crippen LogP contribution in [0.3, 0.4) is 0 Å². The first kappa shape index (κ1) is 32.4. The van der Waals surface area contributed by atoms with Gasteiger partial charge in [0.1, 0.15) is 0 Å². The van der Waals surface area contributed by atoms with E-state index in [0.717, 1.165) is 17.1 Å². The van der Waals surface area contributed by atoms with Gasteiger partial charge in [-0.05, 0) is 114 Å². The van der Waals surface area contributed by atoms with Gasteiger partial charge < -0.3 is 4.90 Å². The van der Waals surface area contributed by atoms with Crippen LogP contribution in [0.1, 0.15) is 0 Å². The quantitative estimate of drug-likeness (QED) is 0.150. The van der Waals surface area contributed by atoms with Crippen molar-refractivity contribution in [2.24, 2.45) is 0 Å². The molecule has 0 fully saturated rings. The number of anilines is 3. The molecule has 0 radical (unpaired) electrons. The highest BCUT2D eigenvalue weighted by molar-refractivity contribution is 6.25. The summed E-state index contributed by atoms with van der Waals surface area (Å²) in [7, 11) is 0. The van der Waals surface area contributed by atoms with Gasteiger partial charge in [0, 0.05) is 16.9 Å². The molecule has 0 unspecified atom stereocenters. The Morgan fingerprint density at radius 1 is 0.218 bits per heavy atom. The van der Waals surface area contributed by atoms with Gasteiger partial charge in [0.15, 0.2) is 0 Å². The largest absolute Gasteiger partial charge is 0.310 e. The van der Waals surface area contributed by atoms with Gasteiger partial charge in [-0.1, -0.05) is 182 Å². The van der Waals surface area contributed by atoms with E-state index < -0.39 is 0 Å². The lowest BCUT2D eigenvalue weighted by Crippen LogP contribution is -2.11. The van der Waals surface area contributed by atoms with Gasteiger partial charge in [0.05, 0.1) is 5.69 Å². The molecule has 10 aromatic rings. The van der Waals surface area contributed by atoms with Gasteiger partial charge in [0.25, 0.3) is 0 Å². The topological polar surface area (TPSA) is 3.24 Å². The van der Waals surface area contributed by atoms with E-state index in [4.69, 9.17) is 0 Å². The van der Waals surface area contributed by atoms with Gasteiger partial charge in [-0.2, -0.15) is 0 Å². The molecule has 258 valence electrons. The number of hydrogen-bond donors (Lipinski definition) is 0. The Kier molecular flexibility index (Phi) is 8.24. The van der Waals surface area contributed by atoms with E-state index in [0.29, 0.717) is 0 Å². The summed E-state index contributed by atoms with van der Waals surface area (Å²) >= 11 is 0. The van der Waals surface area contributed by atoms with Crippen LogP contribution in [0.15, 0.2) is 224 Å². The van der Waals surface area contributed by atoms with Crippen molar-refractivity contribution in [3.05, 3.63) is 224 Å². The van der Waals surface area contributed by atoms with E-state index in [1.54, 1.807) is 0 Å². The van der Waals surface area contributed by atoms with Crippen molar-refractivity contribution < 1.29 is 0 Å². The Morgan fingerprint density at radius 3 is 1.24 bits per heavy atom. The van der Waals surface area contributed by atoms with Gasteiger partial charge in [-0.3, -0.25) is 0 Å². The second-order valence-electron chi connectivity index (χ2n) is 14.1. The predicted octanol–water partition coefficient (Wildman–Crippen LogP) is 15.3. The van der Waals surface area contributed by atoms with Crippen LogP contribution >= 0.6 is 0 Å². The maximum Gasteiger partial charge on any atom is 0.0540 e. The number of para-hydroxylation sites is 1. The first-order chi connectivity index (χ1) is 27.3. The molecule has 1 nitrogen and oxygen atoms in total. The van der Waals surface area contributed by atoms with Crippen molar-refractivity contribution in [3.63, 3.8) is 0 Å². The summed E-state index contributed by atoms with van der Waals surface area (Å²) in [4.78, 5) is 2.39. The third-order valence-corrected chi connectivity index (χ3v) is 10.9. The SMILES string of the molecule is c1ccc(-c2ccccc2-c2ccc(N(c3ccccc3)c3ccc(-c4ccc5c6ccccc6c6ccccc6c5c4)cc3)c(-c3ccccc3)c2)cc1. The summed E-state index contributed by atoms with van der Waals surface area (Å²) in [6, 6.07) is 81.3. The minimum Gasteiger partial charge on any atom is -0.310 e.